The van der Waals surface area contributed by atoms with Gasteiger partial charge < -0.3 is 15.0 Å². The predicted molar refractivity (Wildman–Crippen MR) is 121 cm³/mol. The lowest BCUT2D eigenvalue weighted by molar-refractivity contribution is -0.143. The van der Waals surface area contributed by atoms with E-state index in [0.717, 1.165) is 6.42 Å². The minimum Gasteiger partial charge on any atom is -0.479 e. The van der Waals surface area contributed by atoms with Crippen molar-refractivity contribution in [3.8, 4) is 11.8 Å². The molecular formula is C24H29N3O3S. The molecule has 1 fully saturated rings. The molecule has 0 bridgehead atoms. The van der Waals surface area contributed by atoms with Gasteiger partial charge in [-0.05, 0) is 48.8 Å². The van der Waals surface area contributed by atoms with E-state index in [1.807, 2.05) is 25.3 Å². The molecule has 31 heavy (non-hydrogen) atoms. The van der Waals surface area contributed by atoms with Crippen LogP contribution in [0.4, 0.5) is 0 Å². The number of ether oxygens (including phenoxy) is 1. The number of thiophene rings is 1. The Hall–Kier alpha value is -2.85. The first-order chi connectivity index (χ1) is 15.0. The minimum atomic E-state index is -0.661. The molecule has 1 aliphatic rings. The Bertz CT molecular complexity index is 912. The smallest absolute Gasteiger partial charge is 0.263 e. The third-order valence-corrected chi connectivity index (χ3v) is 6.47. The fourth-order valence-electron chi connectivity index (χ4n) is 3.72. The standard InChI is InChI=1S/C24H29N3O3S/c1-17(2)22(30-21-8-4-3-6-19(21)16-25)24(29)27-13-10-18(11-14-27)23(28)26-12-9-20-7-5-15-31-20/h3-8,15,17-18,22H,9-14H2,1-2H3,(H,26,28). The third-order valence-electron chi connectivity index (χ3n) is 5.54. The van der Waals surface area contributed by atoms with Gasteiger partial charge in [-0.1, -0.05) is 32.0 Å². The summed E-state index contributed by atoms with van der Waals surface area (Å²) < 4.78 is 5.98. The first kappa shape index (κ1) is 22.8. The molecule has 1 unspecified atom stereocenters. The maximum absolute atomic E-state index is 13.1. The highest BCUT2D eigenvalue weighted by atomic mass is 32.1. The summed E-state index contributed by atoms with van der Waals surface area (Å²) in [6.07, 6.45) is 1.48. The quantitative estimate of drug-likeness (QED) is 0.681. The van der Waals surface area contributed by atoms with Gasteiger partial charge in [0.15, 0.2) is 6.10 Å². The molecule has 2 amide bonds. The van der Waals surface area contributed by atoms with E-state index in [1.54, 1.807) is 40.5 Å². The van der Waals surface area contributed by atoms with E-state index in [1.165, 1.54) is 4.88 Å². The highest BCUT2D eigenvalue weighted by molar-refractivity contribution is 7.09. The fourth-order valence-corrected chi connectivity index (χ4v) is 4.43. The number of nitrogens with zero attached hydrogens (tertiary/aromatic N) is 2. The number of benzene rings is 1. The molecule has 1 aromatic carbocycles. The van der Waals surface area contributed by atoms with Crippen LogP contribution in [-0.2, 0) is 16.0 Å². The number of piperidine rings is 1. The lowest BCUT2D eigenvalue weighted by Crippen LogP contribution is -2.49. The first-order valence-corrected chi connectivity index (χ1v) is 11.6. The second kappa shape index (κ2) is 11.0. The summed E-state index contributed by atoms with van der Waals surface area (Å²) in [5.74, 6) is 0.308. The van der Waals surface area contributed by atoms with E-state index in [2.05, 4.69) is 17.5 Å². The molecule has 6 nitrogen and oxygen atoms in total. The van der Waals surface area contributed by atoms with E-state index >= 15 is 0 Å². The van der Waals surface area contributed by atoms with Crippen LogP contribution in [0.1, 0.15) is 37.1 Å². The minimum absolute atomic E-state index is 0.0440. The number of nitrogens with one attached hydrogen (secondary N) is 1. The predicted octanol–water partition coefficient (Wildman–Crippen LogP) is 3.62. The van der Waals surface area contributed by atoms with Crippen molar-refractivity contribution in [2.45, 2.75) is 39.2 Å². The highest BCUT2D eigenvalue weighted by Gasteiger charge is 2.33. The van der Waals surface area contributed by atoms with Gasteiger partial charge in [-0.2, -0.15) is 5.26 Å². The van der Waals surface area contributed by atoms with E-state index in [9.17, 15) is 14.9 Å². The van der Waals surface area contributed by atoms with Gasteiger partial charge >= 0.3 is 0 Å². The summed E-state index contributed by atoms with van der Waals surface area (Å²) >= 11 is 1.70. The van der Waals surface area contributed by atoms with E-state index in [0.29, 0.717) is 43.8 Å². The molecule has 2 heterocycles. The molecule has 7 heteroatoms. The number of nitriles is 1. The summed E-state index contributed by atoms with van der Waals surface area (Å²) in [4.78, 5) is 28.7. The van der Waals surface area contributed by atoms with E-state index < -0.39 is 6.10 Å². The van der Waals surface area contributed by atoms with Crippen molar-refractivity contribution in [3.63, 3.8) is 0 Å². The molecule has 0 saturated carbocycles. The number of rotatable bonds is 8. The number of para-hydroxylation sites is 1. The topological polar surface area (TPSA) is 82.4 Å². The van der Waals surface area contributed by atoms with Crippen molar-refractivity contribution in [3.05, 3.63) is 52.2 Å². The molecule has 3 rings (SSSR count). The molecule has 1 saturated heterocycles. The summed E-state index contributed by atoms with van der Waals surface area (Å²) in [6, 6.07) is 13.2. The number of carbonyl (C=O) groups is 2. The van der Waals surface area contributed by atoms with Gasteiger partial charge in [-0.3, -0.25) is 9.59 Å². The number of likely N-dealkylation sites (tertiary alicyclic amines) is 1. The lowest BCUT2D eigenvalue weighted by Gasteiger charge is -2.34. The Morgan fingerprint density at radius 3 is 2.61 bits per heavy atom. The van der Waals surface area contributed by atoms with Crippen LogP contribution in [0.3, 0.4) is 0 Å². The van der Waals surface area contributed by atoms with Crippen LogP contribution in [-0.4, -0.2) is 42.5 Å². The van der Waals surface area contributed by atoms with E-state index in [-0.39, 0.29) is 23.7 Å². The molecule has 2 aromatic rings. The van der Waals surface area contributed by atoms with Gasteiger partial charge in [0.1, 0.15) is 11.8 Å². The molecule has 1 aliphatic heterocycles. The van der Waals surface area contributed by atoms with Crippen molar-refractivity contribution in [2.75, 3.05) is 19.6 Å². The van der Waals surface area contributed by atoms with Crippen molar-refractivity contribution in [2.24, 2.45) is 11.8 Å². The third kappa shape index (κ3) is 6.08. The van der Waals surface area contributed by atoms with Gasteiger partial charge in [0.25, 0.3) is 5.91 Å². The second-order valence-electron chi connectivity index (χ2n) is 8.11. The maximum Gasteiger partial charge on any atom is 0.263 e. The second-order valence-corrected chi connectivity index (χ2v) is 9.14. The zero-order valence-corrected chi connectivity index (χ0v) is 18.9. The Balaban J connectivity index is 1.51. The zero-order valence-electron chi connectivity index (χ0n) is 18.0. The summed E-state index contributed by atoms with van der Waals surface area (Å²) in [7, 11) is 0. The summed E-state index contributed by atoms with van der Waals surface area (Å²) in [5.41, 5.74) is 0.416. The van der Waals surface area contributed by atoms with Crippen molar-refractivity contribution in [1.82, 2.24) is 10.2 Å². The Kier molecular flexibility index (Phi) is 8.07. The van der Waals surface area contributed by atoms with Crippen LogP contribution < -0.4 is 10.1 Å². The monoisotopic (exact) mass is 439 g/mol. The van der Waals surface area contributed by atoms with Crippen LogP contribution in [0.5, 0.6) is 5.75 Å². The molecule has 0 aliphatic carbocycles. The van der Waals surface area contributed by atoms with Gasteiger partial charge in [0.2, 0.25) is 5.91 Å². The van der Waals surface area contributed by atoms with Crippen LogP contribution in [0.25, 0.3) is 0 Å². The molecule has 0 spiro atoms. The summed E-state index contributed by atoms with van der Waals surface area (Å²) in [5, 5.41) is 14.4. The largest absolute Gasteiger partial charge is 0.479 e. The Morgan fingerprint density at radius 1 is 1.23 bits per heavy atom. The Labute approximate surface area is 187 Å². The average molecular weight is 440 g/mol. The lowest BCUT2D eigenvalue weighted by atomic mass is 9.94. The number of amides is 2. The first-order valence-electron chi connectivity index (χ1n) is 10.7. The molecular weight excluding hydrogens is 410 g/mol. The van der Waals surface area contributed by atoms with Gasteiger partial charge in [-0.15, -0.1) is 11.3 Å². The number of hydrogen-bond donors (Lipinski definition) is 1. The Morgan fingerprint density at radius 2 is 1.97 bits per heavy atom. The van der Waals surface area contributed by atoms with Crippen LogP contribution in [0.15, 0.2) is 41.8 Å². The molecule has 1 N–H and O–H groups in total. The van der Waals surface area contributed by atoms with Crippen LogP contribution in [0.2, 0.25) is 0 Å². The normalized spacial score (nSPS) is 15.4. The summed E-state index contributed by atoms with van der Waals surface area (Å²) in [6.45, 7) is 5.58. The fraction of sp³-hybridized carbons (Fsp3) is 0.458. The van der Waals surface area contributed by atoms with Gasteiger partial charge in [0, 0.05) is 30.4 Å². The van der Waals surface area contributed by atoms with Crippen molar-refractivity contribution in [1.29, 1.82) is 5.26 Å². The molecule has 1 aromatic heterocycles. The zero-order chi connectivity index (χ0) is 22.2. The maximum atomic E-state index is 13.1. The molecule has 164 valence electrons. The van der Waals surface area contributed by atoms with Crippen molar-refractivity contribution >= 4 is 23.2 Å². The average Bonchev–Trinajstić information content (AvgIpc) is 3.30. The van der Waals surface area contributed by atoms with Crippen LogP contribution >= 0.6 is 11.3 Å². The van der Waals surface area contributed by atoms with Gasteiger partial charge in [0.05, 0.1) is 5.56 Å². The van der Waals surface area contributed by atoms with E-state index in [4.69, 9.17) is 4.74 Å². The number of hydrogen-bond acceptors (Lipinski definition) is 5. The molecule has 0 radical (unpaired) electrons. The molecule has 1 atom stereocenters. The SMILES string of the molecule is CC(C)C(Oc1ccccc1C#N)C(=O)N1CCC(C(=O)NCCc2cccs2)CC1. The van der Waals surface area contributed by atoms with Crippen LogP contribution in [0, 0.1) is 23.2 Å². The number of carbonyl (C=O) groups excluding carboxylic acids is 2. The highest BCUT2D eigenvalue weighted by Crippen LogP contribution is 2.24. The van der Waals surface area contributed by atoms with Crippen molar-refractivity contribution < 1.29 is 14.3 Å². The van der Waals surface area contributed by atoms with Gasteiger partial charge in [-0.25, -0.2) is 0 Å².